The monoisotopic (exact) mass is 326 g/mol. The zero-order valence-electron chi connectivity index (χ0n) is 14.7. The van der Waals surface area contributed by atoms with Gasteiger partial charge in [-0.2, -0.15) is 5.26 Å². The molecular formula is C16H26N2O5. The van der Waals surface area contributed by atoms with Crippen LogP contribution >= 0.6 is 0 Å². The fourth-order valence-electron chi connectivity index (χ4n) is 3.21. The van der Waals surface area contributed by atoms with Crippen molar-refractivity contribution in [1.82, 2.24) is 4.90 Å². The van der Waals surface area contributed by atoms with Crippen molar-refractivity contribution >= 4 is 6.09 Å². The molecule has 0 aromatic carbocycles. The van der Waals surface area contributed by atoms with Gasteiger partial charge in [-0.15, -0.1) is 0 Å². The van der Waals surface area contributed by atoms with E-state index in [1.54, 1.807) is 12.0 Å². The van der Waals surface area contributed by atoms with Gasteiger partial charge in [0, 0.05) is 7.11 Å². The minimum Gasteiger partial charge on any atom is -0.444 e. The van der Waals surface area contributed by atoms with Gasteiger partial charge in [0.15, 0.2) is 5.79 Å². The highest BCUT2D eigenvalue weighted by Gasteiger charge is 2.59. The van der Waals surface area contributed by atoms with Crippen molar-refractivity contribution in [1.29, 1.82) is 5.26 Å². The second kappa shape index (κ2) is 6.27. The first-order valence-corrected chi connectivity index (χ1v) is 7.82. The summed E-state index contributed by atoms with van der Waals surface area (Å²) in [7, 11) is 1.57. The Bertz CT molecular complexity index is 494. The highest BCUT2D eigenvalue weighted by molar-refractivity contribution is 5.70. The second-order valence-corrected chi connectivity index (χ2v) is 7.40. The average Bonchev–Trinajstić information content (AvgIpc) is 2.82. The molecule has 0 aliphatic carbocycles. The van der Waals surface area contributed by atoms with E-state index in [0.29, 0.717) is 6.61 Å². The van der Waals surface area contributed by atoms with Crippen LogP contribution in [-0.4, -0.2) is 60.4 Å². The summed E-state index contributed by atoms with van der Waals surface area (Å²) in [5.41, 5.74) is -0.620. The van der Waals surface area contributed by atoms with Crippen LogP contribution in [-0.2, 0) is 18.9 Å². The van der Waals surface area contributed by atoms with Crippen LogP contribution in [0.1, 0.15) is 41.0 Å². The number of likely N-dealkylation sites (tertiary alicyclic amines) is 1. The lowest BCUT2D eigenvalue weighted by Gasteiger charge is -2.34. The molecule has 7 heteroatoms. The van der Waals surface area contributed by atoms with Gasteiger partial charge in [0.2, 0.25) is 0 Å². The summed E-state index contributed by atoms with van der Waals surface area (Å²) in [4.78, 5) is 14.2. The van der Waals surface area contributed by atoms with E-state index < -0.39 is 23.5 Å². The molecule has 4 atom stereocenters. The minimum absolute atomic E-state index is 0.153. The van der Waals surface area contributed by atoms with E-state index >= 15 is 0 Å². The number of carbonyl (C=O) groups is 1. The van der Waals surface area contributed by atoms with Gasteiger partial charge in [0.25, 0.3) is 0 Å². The molecular weight excluding hydrogens is 300 g/mol. The number of carbonyl (C=O) groups excluding carboxylic acids is 1. The molecule has 130 valence electrons. The maximum Gasteiger partial charge on any atom is 0.411 e. The Labute approximate surface area is 137 Å². The Morgan fingerprint density at radius 3 is 2.30 bits per heavy atom. The molecule has 0 saturated carbocycles. The summed E-state index contributed by atoms with van der Waals surface area (Å²) in [6.45, 7) is 9.38. The molecule has 2 aliphatic rings. The SMILES string of the molecule is COC[C@@H]1[C@H]2OC(C)(C)O[C@H]2[C@H](CC#N)N1C(=O)OC(C)(C)C. The number of ether oxygens (including phenoxy) is 4. The van der Waals surface area contributed by atoms with Crippen LogP contribution in [0.15, 0.2) is 0 Å². The van der Waals surface area contributed by atoms with E-state index in [1.165, 1.54) is 0 Å². The van der Waals surface area contributed by atoms with E-state index in [1.807, 2.05) is 34.6 Å². The predicted molar refractivity (Wildman–Crippen MR) is 81.6 cm³/mol. The molecule has 2 fully saturated rings. The van der Waals surface area contributed by atoms with Crippen LogP contribution in [0, 0.1) is 11.3 Å². The first kappa shape index (κ1) is 18.0. The average molecular weight is 326 g/mol. The van der Waals surface area contributed by atoms with Gasteiger partial charge >= 0.3 is 6.09 Å². The van der Waals surface area contributed by atoms with Crippen molar-refractivity contribution in [3.8, 4) is 6.07 Å². The molecule has 2 saturated heterocycles. The number of fused-ring (bicyclic) bond motifs is 1. The predicted octanol–water partition coefficient (Wildman–Crippen LogP) is 2.05. The lowest BCUT2D eigenvalue weighted by molar-refractivity contribution is -0.168. The van der Waals surface area contributed by atoms with Crippen molar-refractivity contribution in [2.24, 2.45) is 0 Å². The van der Waals surface area contributed by atoms with Crippen LogP contribution in [0.25, 0.3) is 0 Å². The maximum atomic E-state index is 12.7. The third-order valence-electron chi connectivity index (χ3n) is 3.88. The number of hydrogen-bond donors (Lipinski definition) is 0. The van der Waals surface area contributed by atoms with E-state index in [-0.39, 0.29) is 24.7 Å². The van der Waals surface area contributed by atoms with Gasteiger partial charge in [-0.25, -0.2) is 4.79 Å². The zero-order valence-corrected chi connectivity index (χ0v) is 14.7. The lowest BCUT2D eigenvalue weighted by Crippen LogP contribution is -2.49. The molecule has 0 unspecified atom stereocenters. The van der Waals surface area contributed by atoms with Crippen LogP contribution in [0.5, 0.6) is 0 Å². The van der Waals surface area contributed by atoms with Gasteiger partial charge in [-0.1, -0.05) is 0 Å². The van der Waals surface area contributed by atoms with E-state index in [4.69, 9.17) is 24.2 Å². The van der Waals surface area contributed by atoms with E-state index in [9.17, 15) is 4.79 Å². The van der Waals surface area contributed by atoms with Crippen molar-refractivity contribution in [2.45, 2.75) is 76.7 Å². The van der Waals surface area contributed by atoms with Crippen molar-refractivity contribution in [2.75, 3.05) is 13.7 Å². The van der Waals surface area contributed by atoms with Crippen molar-refractivity contribution in [3.05, 3.63) is 0 Å². The van der Waals surface area contributed by atoms with E-state index in [0.717, 1.165) is 0 Å². The molecule has 0 aromatic heterocycles. The molecule has 7 nitrogen and oxygen atoms in total. The molecule has 0 radical (unpaired) electrons. The number of methoxy groups -OCH3 is 1. The first-order chi connectivity index (χ1) is 10.6. The second-order valence-electron chi connectivity index (χ2n) is 7.40. The molecule has 1 amide bonds. The topological polar surface area (TPSA) is 81.0 Å². The molecule has 0 N–H and O–H groups in total. The normalized spacial score (nSPS) is 32.5. The van der Waals surface area contributed by atoms with Gasteiger partial charge in [-0.05, 0) is 34.6 Å². The summed E-state index contributed by atoms with van der Waals surface area (Å²) in [6, 6.07) is 1.37. The zero-order chi connectivity index (χ0) is 17.4. The lowest BCUT2D eigenvalue weighted by atomic mass is 10.1. The molecule has 0 spiro atoms. The number of nitriles is 1. The standard InChI is InChI=1S/C16H26N2O5/c1-15(2,3)23-14(19)18-10(7-8-17)12-13(11(18)9-20-6)22-16(4,5)21-12/h10-13H,7,9H2,1-6H3/t10-,11+,12-,13+/m0/s1. The maximum absolute atomic E-state index is 12.7. The van der Waals surface area contributed by atoms with Crippen LogP contribution in [0.2, 0.25) is 0 Å². The summed E-state index contributed by atoms with van der Waals surface area (Å²) in [6.07, 6.45) is -1.02. The van der Waals surface area contributed by atoms with Gasteiger partial charge < -0.3 is 18.9 Å². The summed E-state index contributed by atoms with van der Waals surface area (Å²) in [5, 5.41) is 9.17. The Balaban J connectivity index is 2.30. The molecule has 0 bridgehead atoms. The smallest absolute Gasteiger partial charge is 0.411 e. The fourth-order valence-corrected chi connectivity index (χ4v) is 3.21. The van der Waals surface area contributed by atoms with Crippen molar-refractivity contribution in [3.63, 3.8) is 0 Å². The molecule has 23 heavy (non-hydrogen) atoms. The molecule has 2 rings (SSSR count). The fraction of sp³-hybridized carbons (Fsp3) is 0.875. The minimum atomic E-state index is -0.741. The summed E-state index contributed by atoms with van der Waals surface area (Å²) in [5.74, 6) is -0.741. The largest absolute Gasteiger partial charge is 0.444 e. The third-order valence-corrected chi connectivity index (χ3v) is 3.88. The summed E-state index contributed by atoms with van der Waals surface area (Å²) >= 11 is 0. The number of rotatable bonds is 3. The first-order valence-electron chi connectivity index (χ1n) is 7.82. The molecule has 2 heterocycles. The van der Waals surface area contributed by atoms with Crippen LogP contribution in [0.4, 0.5) is 4.79 Å². The number of amides is 1. The highest BCUT2D eigenvalue weighted by Crippen LogP contribution is 2.42. The van der Waals surface area contributed by atoms with Gasteiger partial charge in [0.05, 0.1) is 31.2 Å². The van der Waals surface area contributed by atoms with E-state index in [2.05, 4.69) is 6.07 Å². The molecule has 0 aromatic rings. The van der Waals surface area contributed by atoms with Crippen LogP contribution < -0.4 is 0 Å². The quantitative estimate of drug-likeness (QED) is 0.789. The number of hydrogen-bond acceptors (Lipinski definition) is 6. The van der Waals surface area contributed by atoms with Crippen LogP contribution in [0.3, 0.4) is 0 Å². The Morgan fingerprint density at radius 2 is 1.83 bits per heavy atom. The third kappa shape index (κ3) is 3.77. The van der Waals surface area contributed by atoms with Gasteiger partial charge in [-0.3, -0.25) is 4.90 Å². The van der Waals surface area contributed by atoms with Gasteiger partial charge in [0.1, 0.15) is 17.8 Å². The Kier molecular flexibility index (Phi) is 4.90. The number of nitrogens with zero attached hydrogens (tertiary/aromatic N) is 2. The Hall–Kier alpha value is -1.36. The molecule has 2 aliphatic heterocycles. The highest BCUT2D eigenvalue weighted by atomic mass is 16.8. The Morgan fingerprint density at radius 1 is 1.26 bits per heavy atom. The summed E-state index contributed by atoms with van der Waals surface area (Å²) < 4.78 is 22.7. The van der Waals surface area contributed by atoms with Crippen molar-refractivity contribution < 1.29 is 23.7 Å².